The van der Waals surface area contributed by atoms with E-state index in [0.29, 0.717) is 31.7 Å². The largest absolute Gasteiger partial charge is 0.494 e. The molecule has 1 aliphatic heterocycles. The average Bonchev–Trinajstić information content (AvgIpc) is 3.15. The lowest BCUT2D eigenvalue weighted by atomic mass is 10.2. The maximum atomic E-state index is 13.1. The smallest absolute Gasteiger partial charge is 0.253 e. The normalized spacial score (nSPS) is 14.6. The fourth-order valence-electron chi connectivity index (χ4n) is 3.27. The fraction of sp³-hybridized carbons (Fsp3) is 0.300. The maximum absolute atomic E-state index is 13.1. The van der Waals surface area contributed by atoms with Crippen LogP contribution in [0.4, 0.5) is 9.52 Å². The number of aryl methyl sites for hydroxylation is 1. The summed E-state index contributed by atoms with van der Waals surface area (Å²) < 4.78 is 19.6. The SMILES string of the molecule is COc1ccc(C)c2sc(N3CCN(C(=O)c4ccc(F)cc4)CC3)nc12. The summed E-state index contributed by atoms with van der Waals surface area (Å²) >= 11 is 1.66. The number of carbonyl (C=O) groups is 1. The number of rotatable bonds is 3. The molecule has 1 fully saturated rings. The van der Waals surface area contributed by atoms with Crippen LogP contribution in [-0.4, -0.2) is 49.1 Å². The molecule has 1 aliphatic rings. The highest BCUT2D eigenvalue weighted by atomic mass is 32.1. The van der Waals surface area contributed by atoms with Gasteiger partial charge in [-0.1, -0.05) is 17.4 Å². The summed E-state index contributed by atoms with van der Waals surface area (Å²) in [7, 11) is 1.66. The van der Waals surface area contributed by atoms with Gasteiger partial charge in [-0.25, -0.2) is 9.37 Å². The van der Waals surface area contributed by atoms with Gasteiger partial charge < -0.3 is 14.5 Å². The number of benzene rings is 2. The molecule has 0 spiro atoms. The Bertz CT molecular complexity index is 979. The molecule has 4 rings (SSSR count). The van der Waals surface area contributed by atoms with E-state index in [4.69, 9.17) is 9.72 Å². The molecular formula is C20H20FN3O2S. The standard InChI is InChI=1S/C20H20FN3O2S/c1-13-3-8-16(26-2)17-18(13)27-20(22-17)24-11-9-23(10-12-24)19(25)14-4-6-15(21)7-5-14/h3-8H,9-12H2,1-2H3. The zero-order valence-corrected chi connectivity index (χ0v) is 16.1. The summed E-state index contributed by atoms with van der Waals surface area (Å²) in [5.74, 6) is 0.387. The first kappa shape index (κ1) is 17.7. The molecule has 140 valence electrons. The lowest BCUT2D eigenvalue weighted by Crippen LogP contribution is -2.48. The van der Waals surface area contributed by atoms with Crippen LogP contribution in [0.15, 0.2) is 36.4 Å². The topological polar surface area (TPSA) is 45.7 Å². The van der Waals surface area contributed by atoms with Crippen LogP contribution in [0.2, 0.25) is 0 Å². The number of nitrogens with zero attached hydrogens (tertiary/aromatic N) is 3. The number of carbonyl (C=O) groups excluding carboxylic acids is 1. The van der Waals surface area contributed by atoms with Crippen LogP contribution in [0, 0.1) is 12.7 Å². The zero-order chi connectivity index (χ0) is 19.0. The third kappa shape index (κ3) is 3.35. The lowest BCUT2D eigenvalue weighted by molar-refractivity contribution is 0.0746. The molecule has 0 bridgehead atoms. The van der Waals surface area contributed by atoms with Crippen LogP contribution >= 0.6 is 11.3 Å². The number of hydrogen-bond acceptors (Lipinski definition) is 5. The van der Waals surface area contributed by atoms with E-state index in [0.717, 1.165) is 21.1 Å². The predicted molar refractivity (Wildman–Crippen MR) is 105 cm³/mol. The molecule has 2 heterocycles. The summed E-state index contributed by atoms with van der Waals surface area (Å²) in [6.45, 7) is 4.73. The molecule has 27 heavy (non-hydrogen) atoms. The Morgan fingerprint density at radius 3 is 2.48 bits per heavy atom. The molecule has 0 radical (unpaired) electrons. The monoisotopic (exact) mass is 385 g/mol. The van der Waals surface area contributed by atoms with Crippen molar-refractivity contribution in [2.24, 2.45) is 0 Å². The number of halogens is 1. The highest BCUT2D eigenvalue weighted by molar-refractivity contribution is 7.22. The summed E-state index contributed by atoms with van der Waals surface area (Å²) in [6.07, 6.45) is 0. The van der Waals surface area contributed by atoms with Crippen LogP contribution in [-0.2, 0) is 0 Å². The van der Waals surface area contributed by atoms with Crippen molar-refractivity contribution >= 4 is 32.6 Å². The average molecular weight is 385 g/mol. The number of amides is 1. The molecule has 1 saturated heterocycles. The van der Waals surface area contributed by atoms with Crippen molar-refractivity contribution in [1.29, 1.82) is 0 Å². The van der Waals surface area contributed by atoms with Gasteiger partial charge in [0.25, 0.3) is 5.91 Å². The van der Waals surface area contributed by atoms with Crippen molar-refractivity contribution in [1.82, 2.24) is 9.88 Å². The molecule has 0 atom stereocenters. The van der Waals surface area contributed by atoms with Gasteiger partial charge in [0.1, 0.15) is 17.1 Å². The Morgan fingerprint density at radius 1 is 1.11 bits per heavy atom. The van der Waals surface area contributed by atoms with E-state index in [-0.39, 0.29) is 11.7 Å². The molecule has 5 nitrogen and oxygen atoms in total. The number of methoxy groups -OCH3 is 1. The second-order valence-corrected chi connectivity index (χ2v) is 7.52. The highest BCUT2D eigenvalue weighted by Gasteiger charge is 2.24. The molecule has 7 heteroatoms. The van der Waals surface area contributed by atoms with Crippen molar-refractivity contribution in [2.45, 2.75) is 6.92 Å². The summed E-state index contributed by atoms with van der Waals surface area (Å²) in [5, 5.41) is 0.950. The zero-order valence-electron chi connectivity index (χ0n) is 15.2. The number of hydrogen-bond donors (Lipinski definition) is 0. The van der Waals surface area contributed by atoms with Crippen molar-refractivity contribution in [3.8, 4) is 5.75 Å². The molecule has 1 aromatic heterocycles. The van der Waals surface area contributed by atoms with Gasteiger partial charge in [-0.2, -0.15) is 0 Å². The number of anilines is 1. The van der Waals surface area contributed by atoms with E-state index in [1.54, 1.807) is 18.4 Å². The molecule has 0 N–H and O–H groups in total. The van der Waals surface area contributed by atoms with E-state index < -0.39 is 0 Å². The van der Waals surface area contributed by atoms with E-state index in [2.05, 4.69) is 11.8 Å². The second kappa shape index (κ2) is 7.15. The molecule has 0 saturated carbocycles. The molecule has 2 aromatic carbocycles. The molecule has 3 aromatic rings. The maximum Gasteiger partial charge on any atom is 0.253 e. The Hall–Kier alpha value is -2.67. The van der Waals surface area contributed by atoms with Crippen LogP contribution in [0.1, 0.15) is 15.9 Å². The number of thiazole rings is 1. The van der Waals surface area contributed by atoms with Crippen LogP contribution < -0.4 is 9.64 Å². The Morgan fingerprint density at radius 2 is 1.81 bits per heavy atom. The third-order valence-electron chi connectivity index (χ3n) is 4.84. The van der Waals surface area contributed by atoms with Crippen molar-refractivity contribution in [3.63, 3.8) is 0 Å². The minimum atomic E-state index is -0.335. The van der Waals surface area contributed by atoms with Crippen molar-refractivity contribution < 1.29 is 13.9 Å². The minimum absolute atomic E-state index is 0.0588. The Balaban J connectivity index is 1.49. The summed E-state index contributed by atoms with van der Waals surface area (Å²) in [4.78, 5) is 21.4. The Labute approximate surface area is 161 Å². The first-order chi connectivity index (χ1) is 13.1. The van der Waals surface area contributed by atoms with Gasteiger partial charge in [0, 0.05) is 31.7 Å². The van der Waals surface area contributed by atoms with Crippen molar-refractivity contribution in [2.75, 3.05) is 38.2 Å². The predicted octanol–water partition coefficient (Wildman–Crippen LogP) is 3.71. The quantitative estimate of drug-likeness (QED) is 0.689. The van der Waals surface area contributed by atoms with E-state index in [9.17, 15) is 9.18 Å². The van der Waals surface area contributed by atoms with Gasteiger partial charge in [0.05, 0.1) is 11.8 Å². The summed E-state index contributed by atoms with van der Waals surface area (Å²) in [6, 6.07) is 9.70. The third-order valence-corrected chi connectivity index (χ3v) is 6.09. The summed E-state index contributed by atoms with van der Waals surface area (Å²) in [5.41, 5.74) is 2.59. The number of aromatic nitrogens is 1. The van der Waals surface area contributed by atoms with Gasteiger partial charge in [-0.05, 0) is 42.8 Å². The first-order valence-corrected chi connectivity index (χ1v) is 9.62. The molecule has 0 unspecified atom stereocenters. The van der Waals surface area contributed by atoms with Crippen LogP contribution in [0.5, 0.6) is 5.75 Å². The minimum Gasteiger partial charge on any atom is -0.494 e. The van der Waals surface area contributed by atoms with Gasteiger partial charge in [0.15, 0.2) is 5.13 Å². The second-order valence-electron chi connectivity index (χ2n) is 6.55. The lowest BCUT2D eigenvalue weighted by Gasteiger charge is -2.34. The van der Waals surface area contributed by atoms with Crippen LogP contribution in [0.25, 0.3) is 10.2 Å². The van der Waals surface area contributed by atoms with Gasteiger partial charge in [-0.15, -0.1) is 0 Å². The number of piperazine rings is 1. The van der Waals surface area contributed by atoms with E-state index >= 15 is 0 Å². The number of ether oxygens (including phenoxy) is 1. The van der Waals surface area contributed by atoms with E-state index in [1.807, 2.05) is 17.0 Å². The Kier molecular flexibility index (Phi) is 4.70. The molecule has 1 amide bonds. The van der Waals surface area contributed by atoms with E-state index in [1.165, 1.54) is 29.8 Å². The fourth-order valence-corrected chi connectivity index (χ4v) is 4.38. The number of fused-ring (bicyclic) bond motifs is 1. The van der Waals surface area contributed by atoms with Gasteiger partial charge in [0.2, 0.25) is 0 Å². The van der Waals surface area contributed by atoms with Crippen LogP contribution in [0.3, 0.4) is 0 Å². The molecule has 0 aliphatic carbocycles. The first-order valence-electron chi connectivity index (χ1n) is 8.81. The van der Waals surface area contributed by atoms with Gasteiger partial charge in [-0.3, -0.25) is 4.79 Å². The highest BCUT2D eigenvalue weighted by Crippen LogP contribution is 2.36. The van der Waals surface area contributed by atoms with Gasteiger partial charge >= 0.3 is 0 Å². The van der Waals surface area contributed by atoms with Crippen molar-refractivity contribution in [3.05, 3.63) is 53.3 Å². The molecular weight excluding hydrogens is 365 g/mol.